The van der Waals surface area contributed by atoms with Crippen LogP contribution >= 0.6 is 11.3 Å². The van der Waals surface area contributed by atoms with Gasteiger partial charge in [0.2, 0.25) is 0 Å². The molecule has 1 aromatic carbocycles. The fraction of sp³-hybridized carbons (Fsp3) is 0. The number of primary amides is 1. The molecule has 0 spiro atoms. The summed E-state index contributed by atoms with van der Waals surface area (Å²) in [4.78, 5) is 23.6. The van der Waals surface area contributed by atoms with Gasteiger partial charge >= 0.3 is 0 Å². The summed E-state index contributed by atoms with van der Waals surface area (Å²) >= 11 is 1.24. The van der Waals surface area contributed by atoms with E-state index in [0.717, 1.165) is 0 Å². The van der Waals surface area contributed by atoms with Crippen molar-refractivity contribution in [2.45, 2.75) is 0 Å². The lowest BCUT2D eigenvalue weighted by Gasteiger charge is -2.08. The van der Waals surface area contributed by atoms with Crippen molar-refractivity contribution in [3.63, 3.8) is 0 Å². The molecule has 0 aliphatic heterocycles. The van der Waals surface area contributed by atoms with Gasteiger partial charge < -0.3 is 16.8 Å². The third-order valence-corrected chi connectivity index (χ3v) is 3.27. The van der Waals surface area contributed by atoms with Gasteiger partial charge in [-0.3, -0.25) is 9.59 Å². The van der Waals surface area contributed by atoms with Crippen molar-refractivity contribution in [2.24, 2.45) is 5.73 Å². The molecule has 6 heteroatoms. The third-order valence-electron chi connectivity index (χ3n) is 2.34. The predicted octanol–water partition coefficient (Wildman–Crippen LogP) is 1.68. The first-order valence-electron chi connectivity index (χ1n) is 5.12. The highest BCUT2D eigenvalue weighted by atomic mass is 32.1. The number of nitrogens with one attached hydrogen (secondary N) is 1. The van der Waals surface area contributed by atoms with Gasteiger partial charge in [-0.1, -0.05) is 12.1 Å². The van der Waals surface area contributed by atoms with Crippen LogP contribution in [0.25, 0.3) is 0 Å². The topological polar surface area (TPSA) is 98.2 Å². The minimum absolute atomic E-state index is 0.265. The molecule has 0 saturated heterocycles. The molecule has 0 aliphatic rings. The van der Waals surface area contributed by atoms with Crippen LogP contribution in [0, 0.1) is 0 Å². The largest absolute Gasteiger partial charge is 0.397 e. The van der Waals surface area contributed by atoms with Crippen molar-refractivity contribution in [3.8, 4) is 0 Å². The molecule has 2 aromatic rings. The second kappa shape index (κ2) is 4.89. The monoisotopic (exact) mass is 261 g/mol. The molecule has 2 rings (SSSR count). The summed E-state index contributed by atoms with van der Waals surface area (Å²) in [6.07, 6.45) is 0. The molecule has 18 heavy (non-hydrogen) atoms. The summed E-state index contributed by atoms with van der Waals surface area (Å²) in [6, 6.07) is 8.20. The van der Waals surface area contributed by atoms with E-state index in [9.17, 15) is 9.59 Å². The predicted molar refractivity (Wildman–Crippen MR) is 71.6 cm³/mol. The van der Waals surface area contributed by atoms with E-state index in [1.807, 2.05) is 0 Å². The molecule has 5 N–H and O–H groups in total. The Labute approximate surface area is 107 Å². The first kappa shape index (κ1) is 12.1. The maximum Gasteiger partial charge on any atom is 0.267 e. The van der Waals surface area contributed by atoms with Crippen molar-refractivity contribution in [1.29, 1.82) is 0 Å². The summed E-state index contributed by atoms with van der Waals surface area (Å²) in [5.74, 6) is -0.943. The van der Waals surface area contributed by atoms with E-state index >= 15 is 0 Å². The van der Waals surface area contributed by atoms with Gasteiger partial charge in [0.1, 0.15) is 4.88 Å². The van der Waals surface area contributed by atoms with Crippen LogP contribution in [0.4, 0.5) is 11.4 Å². The second-order valence-corrected chi connectivity index (χ2v) is 4.49. The van der Waals surface area contributed by atoms with Crippen molar-refractivity contribution < 1.29 is 9.59 Å². The van der Waals surface area contributed by atoms with E-state index in [4.69, 9.17) is 11.5 Å². The Morgan fingerprint density at radius 1 is 1.17 bits per heavy atom. The molecule has 1 aromatic heterocycles. The average molecular weight is 261 g/mol. The molecule has 0 unspecified atom stereocenters. The number of carbonyl (C=O) groups excluding carboxylic acids is 2. The number of rotatable bonds is 3. The second-order valence-electron chi connectivity index (χ2n) is 3.57. The molecule has 0 aliphatic carbocycles. The molecular formula is C12H11N3O2S. The SMILES string of the molecule is NC(=O)c1ccccc1NC(=O)c1sccc1N. The van der Waals surface area contributed by atoms with Crippen LogP contribution < -0.4 is 16.8 Å². The normalized spacial score (nSPS) is 10.0. The molecule has 0 fully saturated rings. The van der Waals surface area contributed by atoms with E-state index in [0.29, 0.717) is 16.3 Å². The lowest BCUT2D eigenvalue weighted by molar-refractivity contribution is 0.100. The quantitative estimate of drug-likeness (QED) is 0.783. The Hall–Kier alpha value is -2.34. The van der Waals surface area contributed by atoms with Gasteiger partial charge in [0.05, 0.1) is 16.9 Å². The summed E-state index contributed by atoms with van der Waals surface area (Å²) in [5.41, 5.74) is 11.9. The smallest absolute Gasteiger partial charge is 0.267 e. The number of amides is 2. The molecule has 92 valence electrons. The van der Waals surface area contributed by atoms with Gasteiger partial charge in [-0.25, -0.2) is 0 Å². The molecular weight excluding hydrogens is 250 g/mol. The molecule has 0 bridgehead atoms. The van der Waals surface area contributed by atoms with Gasteiger partial charge in [-0.15, -0.1) is 11.3 Å². The number of benzene rings is 1. The minimum Gasteiger partial charge on any atom is -0.397 e. The van der Waals surface area contributed by atoms with Crippen LogP contribution in [-0.2, 0) is 0 Å². The van der Waals surface area contributed by atoms with Crippen molar-refractivity contribution in [1.82, 2.24) is 0 Å². The zero-order chi connectivity index (χ0) is 13.1. The van der Waals surface area contributed by atoms with Crippen LogP contribution in [-0.4, -0.2) is 11.8 Å². The summed E-state index contributed by atoms with van der Waals surface area (Å²) in [7, 11) is 0. The van der Waals surface area contributed by atoms with Gasteiger partial charge in [-0.05, 0) is 23.6 Å². The number of thiophene rings is 1. The Balaban J connectivity index is 2.28. The molecule has 0 atom stereocenters. The minimum atomic E-state index is -0.593. The maximum absolute atomic E-state index is 11.9. The summed E-state index contributed by atoms with van der Waals surface area (Å²) < 4.78 is 0. The number of nitrogens with two attached hydrogens (primary N) is 2. The zero-order valence-corrected chi connectivity index (χ0v) is 10.2. The van der Waals surface area contributed by atoms with Crippen LogP contribution in [0.15, 0.2) is 35.7 Å². The highest BCUT2D eigenvalue weighted by Gasteiger charge is 2.14. The lowest BCUT2D eigenvalue weighted by atomic mass is 10.1. The van der Waals surface area contributed by atoms with Gasteiger partial charge in [0.15, 0.2) is 0 Å². The Morgan fingerprint density at radius 3 is 2.50 bits per heavy atom. The van der Waals surface area contributed by atoms with E-state index in [1.54, 1.807) is 35.7 Å². The average Bonchev–Trinajstić information content (AvgIpc) is 2.76. The number of anilines is 2. The molecule has 0 radical (unpaired) electrons. The Morgan fingerprint density at radius 2 is 1.89 bits per heavy atom. The summed E-state index contributed by atoms with van der Waals surface area (Å²) in [6.45, 7) is 0. The maximum atomic E-state index is 11.9. The number of hydrogen-bond donors (Lipinski definition) is 3. The van der Waals surface area contributed by atoms with Crippen LogP contribution in [0.2, 0.25) is 0 Å². The number of para-hydroxylation sites is 1. The lowest BCUT2D eigenvalue weighted by Crippen LogP contribution is -2.18. The van der Waals surface area contributed by atoms with Crippen molar-refractivity contribution >= 4 is 34.5 Å². The van der Waals surface area contributed by atoms with Gasteiger partial charge in [0.25, 0.3) is 11.8 Å². The Bertz CT molecular complexity index is 607. The molecule has 1 heterocycles. The van der Waals surface area contributed by atoms with E-state index in [-0.39, 0.29) is 11.5 Å². The van der Waals surface area contributed by atoms with Gasteiger partial charge in [0, 0.05) is 0 Å². The summed E-state index contributed by atoms with van der Waals surface area (Å²) in [5, 5.41) is 4.35. The number of carbonyl (C=O) groups is 2. The van der Waals surface area contributed by atoms with Crippen molar-refractivity contribution in [2.75, 3.05) is 11.1 Å². The van der Waals surface area contributed by atoms with Crippen LogP contribution in [0.1, 0.15) is 20.0 Å². The van der Waals surface area contributed by atoms with Crippen LogP contribution in [0.3, 0.4) is 0 Å². The van der Waals surface area contributed by atoms with Crippen molar-refractivity contribution in [3.05, 3.63) is 46.2 Å². The highest BCUT2D eigenvalue weighted by molar-refractivity contribution is 7.12. The molecule has 0 saturated carbocycles. The first-order valence-corrected chi connectivity index (χ1v) is 6.00. The fourth-order valence-corrected chi connectivity index (χ4v) is 2.20. The molecule has 5 nitrogen and oxygen atoms in total. The van der Waals surface area contributed by atoms with Gasteiger partial charge in [-0.2, -0.15) is 0 Å². The highest BCUT2D eigenvalue weighted by Crippen LogP contribution is 2.21. The van der Waals surface area contributed by atoms with E-state index < -0.39 is 5.91 Å². The first-order chi connectivity index (χ1) is 8.59. The fourth-order valence-electron chi connectivity index (χ4n) is 1.49. The van der Waals surface area contributed by atoms with Crippen LogP contribution in [0.5, 0.6) is 0 Å². The van der Waals surface area contributed by atoms with E-state index in [2.05, 4.69) is 5.32 Å². The number of nitrogen functional groups attached to an aromatic ring is 1. The van der Waals surface area contributed by atoms with E-state index in [1.165, 1.54) is 11.3 Å². The standard InChI is InChI=1S/C12H11N3O2S/c13-8-5-6-18-10(8)12(17)15-9-4-2-1-3-7(9)11(14)16/h1-6H,13H2,(H2,14,16)(H,15,17). The zero-order valence-electron chi connectivity index (χ0n) is 9.34. The number of hydrogen-bond acceptors (Lipinski definition) is 4. The third kappa shape index (κ3) is 2.33. The Kier molecular flexibility index (Phi) is 3.29. The molecule has 2 amide bonds.